The van der Waals surface area contributed by atoms with Crippen molar-refractivity contribution in [1.29, 1.82) is 0 Å². The van der Waals surface area contributed by atoms with Gasteiger partial charge >= 0.3 is 0 Å². The van der Waals surface area contributed by atoms with Gasteiger partial charge in [0.1, 0.15) is 5.75 Å². The van der Waals surface area contributed by atoms with Crippen molar-refractivity contribution in [2.24, 2.45) is 0 Å². The average molecular weight is 278 g/mol. The molecule has 0 aromatic heterocycles. The maximum absolute atomic E-state index is 11.2. The smallest absolute Gasteiger partial charge is 0.151 e. The van der Waals surface area contributed by atoms with Gasteiger partial charge in [0.25, 0.3) is 0 Å². The van der Waals surface area contributed by atoms with Crippen molar-refractivity contribution >= 4 is 21.4 Å². The fraction of sp³-hybridized carbons (Fsp3) is 0.455. The lowest BCUT2D eigenvalue weighted by molar-refractivity contribution is 0.474. The van der Waals surface area contributed by atoms with Gasteiger partial charge < -0.3 is 10.4 Å². The van der Waals surface area contributed by atoms with E-state index in [1.54, 1.807) is 19.1 Å². The summed E-state index contributed by atoms with van der Waals surface area (Å²) in [6.07, 6.45) is 1.21. The van der Waals surface area contributed by atoms with Gasteiger partial charge in [-0.15, -0.1) is 0 Å². The zero-order chi connectivity index (χ0) is 13.1. The molecule has 1 unspecified atom stereocenters. The summed E-state index contributed by atoms with van der Waals surface area (Å²) < 4.78 is 22.4. The number of hydrogen-bond donors (Lipinski definition) is 2. The van der Waals surface area contributed by atoms with E-state index in [9.17, 15) is 13.5 Å². The fourth-order valence-corrected chi connectivity index (χ4v) is 1.86. The van der Waals surface area contributed by atoms with E-state index in [1.807, 2.05) is 0 Å². The van der Waals surface area contributed by atoms with Crippen molar-refractivity contribution in [3.63, 3.8) is 0 Å². The molecule has 0 fully saturated rings. The number of benzene rings is 1. The highest BCUT2D eigenvalue weighted by Crippen LogP contribution is 2.20. The molecule has 1 aromatic rings. The van der Waals surface area contributed by atoms with E-state index in [1.165, 1.54) is 12.3 Å². The normalized spacial score (nSPS) is 13.6. The third kappa shape index (κ3) is 4.53. The molecular weight excluding hydrogens is 262 g/mol. The summed E-state index contributed by atoms with van der Waals surface area (Å²) in [4.78, 5) is 0. The Labute approximate surface area is 107 Å². The molecule has 96 valence electrons. The van der Waals surface area contributed by atoms with Gasteiger partial charge in [0, 0.05) is 24.4 Å². The SMILES string of the molecule is CC(CNCc1cc(O)ccc1Cl)S(C)(=O)=O. The standard InChI is InChI=1S/C11H16ClNO3S/c1-8(17(2,15)16)6-13-7-9-5-10(14)3-4-11(9)12/h3-5,8,13-14H,6-7H2,1-2H3. The molecule has 1 aromatic carbocycles. The number of phenols is 1. The quantitative estimate of drug-likeness (QED) is 0.857. The van der Waals surface area contributed by atoms with Crippen LogP contribution in [0, 0.1) is 0 Å². The van der Waals surface area contributed by atoms with Crippen LogP contribution in [0.4, 0.5) is 0 Å². The van der Waals surface area contributed by atoms with Gasteiger partial charge in [-0.2, -0.15) is 0 Å². The van der Waals surface area contributed by atoms with Crippen molar-refractivity contribution in [3.8, 4) is 5.75 Å². The Morgan fingerprint density at radius 3 is 2.71 bits per heavy atom. The Hall–Kier alpha value is -0.780. The second kappa shape index (κ2) is 5.71. The highest BCUT2D eigenvalue weighted by Gasteiger charge is 2.14. The molecule has 0 aliphatic carbocycles. The van der Waals surface area contributed by atoms with Crippen LogP contribution in [0.5, 0.6) is 5.75 Å². The molecule has 1 rings (SSSR count). The van der Waals surface area contributed by atoms with Crippen LogP contribution >= 0.6 is 11.6 Å². The van der Waals surface area contributed by atoms with Gasteiger partial charge in [-0.25, -0.2) is 8.42 Å². The van der Waals surface area contributed by atoms with Gasteiger partial charge in [-0.05, 0) is 30.7 Å². The van der Waals surface area contributed by atoms with Crippen LogP contribution in [0.3, 0.4) is 0 Å². The first-order valence-corrected chi connectivity index (χ1v) is 7.51. The lowest BCUT2D eigenvalue weighted by Crippen LogP contribution is -2.30. The summed E-state index contributed by atoms with van der Waals surface area (Å²) in [6.45, 7) is 2.42. The summed E-state index contributed by atoms with van der Waals surface area (Å²) in [5, 5.41) is 12.4. The first-order chi connectivity index (χ1) is 7.80. The Morgan fingerprint density at radius 1 is 1.47 bits per heavy atom. The van der Waals surface area contributed by atoms with E-state index in [-0.39, 0.29) is 5.75 Å². The molecule has 2 N–H and O–H groups in total. The summed E-state index contributed by atoms with van der Waals surface area (Å²) in [6, 6.07) is 4.67. The summed E-state index contributed by atoms with van der Waals surface area (Å²) in [7, 11) is -3.02. The van der Waals surface area contributed by atoms with E-state index < -0.39 is 15.1 Å². The van der Waals surface area contributed by atoms with E-state index in [0.29, 0.717) is 18.1 Å². The van der Waals surface area contributed by atoms with E-state index >= 15 is 0 Å². The molecule has 6 heteroatoms. The number of aromatic hydroxyl groups is 1. The maximum atomic E-state index is 11.2. The van der Waals surface area contributed by atoms with Crippen molar-refractivity contribution in [3.05, 3.63) is 28.8 Å². The largest absolute Gasteiger partial charge is 0.508 e. The van der Waals surface area contributed by atoms with Crippen LogP contribution < -0.4 is 5.32 Å². The predicted molar refractivity (Wildman–Crippen MR) is 69.1 cm³/mol. The molecule has 4 nitrogen and oxygen atoms in total. The van der Waals surface area contributed by atoms with Crippen LogP contribution in [0.2, 0.25) is 5.02 Å². The molecule has 0 bridgehead atoms. The molecule has 1 atom stereocenters. The van der Waals surface area contributed by atoms with Gasteiger partial charge in [0.15, 0.2) is 9.84 Å². The Kier molecular flexibility index (Phi) is 4.80. The molecule has 0 aliphatic rings. The molecule has 0 saturated heterocycles. The minimum absolute atomic E-state index is 0.141. The van der Waals surface area contributed by atoms with Gasteiger partial charge in [-0.1, -0.05) is 11.6 Å². The molecule has 0 saturated carbocycles. The Bertz CT molecular complexity index is 487. The Balaban J connectivity index is 2.54. The molecule has 17 heavy (non-hydrogen) atoms. The number of halogens is 1. The average Bonchev–Trinajstić information content (AvgIpc) is 2.21. The number of rotatable bonds is 5. The minimum atomic E-state index is -3.02. The van der Waals surface area contributed by atoms with Crippen LogP contribution in [0.25, 0.3) is 0 Å². The minimum Gasteiger partial charge on any atom is -0.508 e. The summed E-state index contributed by atoms with van der Waals surface area (Å²) >= 11 is 5.93. The van der Waals surface area contributed by atoms with E-state index in [4.69, 9.17) is 11.6 Å². The third-order valence-electron chi connectivity index (χ3n) is 2.51. The fourth-order valence-electron chi connectivity index (χ4n) is 1.26. The first-order valence-electron chi connectivity index (χ1n) is 5.17. The lowest BCUT2D eigenvalue weighted by Gasteiger charge is -2.11. The molecule has 0 heterocycles. The van der Waals surface area contributed by atoms with Crippen LogP contribution in [0.15, 0.2) is 18.2 Å². The second-order valence-electron chi connectivity index (χ2n) is 4.05. The number of phenolic OH excluding ortho intramolecular Hbond substituents is 1. The molecular formula is C11H16ClNO3S. The van der Waals surface area contributed by atoms with Crippen molar-refractivity contribution < 1.29 is 13.5 Å². The summed E-state index contributed by atoms with van der Waals surface area (Å²) in [5.41, 5.74) is 0.743. The van der Waals surface area contributed by atoms with Crippen molar-refractivity contribution in [2.45, 2.75) is 18.7 Å². The highest BCUT2D eigenvalue weighted by molar-refractivity contribution is 7.91. The lowest BCUT2D eigenvalue weighted by atomic mass is 10.2. The van der Waals surface area contributed by atoms with Crippen LogP contribution in [-0.2, 0) is 16.4 Å². The first kappa shape index (κ1) is 14.3. The zero-order valence-electron chi connectivity index (χ0n) is 9.77. The number of nitrogens with one attached hydrogen (secondary N) is 1. The second-order valence-corrected chi connectivity index (χ2v) is 6.92. The number of sulfone groups is 1. The van der Waals surface area contributed by atoms with Crippen LogP contribution in [-0.4, -0.2) is 31.6 Å². The highest BCUT2D eigenvalue weighted by atomic mass is 35.5. The van der Waals surface area contributed by atoms with Crippen molar-refractivity contribution in [1.82, 2.24) is 5.32 Å². The topological polar surface area (TPSA) is 66.4 Å². The summed E-state index contributed by atoms with van der Waals surface area (Å²) in [5.74, 6) is 0.141. The van der Waals surface area contributed by atoms with Gasteiger partial charge in [-0.3, -0.25) is 0 Å². The monoisotopic (exact) mass is 277 g/mol. The maximum Gasteiger partial charge on any atom is 0.151 e. The van der Waals surface area contributed by atoms with E-state index in [0.717, 1.165) is 5.56 Å². The molecule has 0 aliphatic heterocycles. The molecule has 0 spiro atoms. The molecule has 0 radical (unpaired) electrons. The zero-order valence-corrected chi connectivity index (χ0v) is 11.3. The predicted octanol–water partition coefficient (Wildman–Crippen LogP) is 1.57. The van der Waals surface area contributed by atoms with Crippen LogP contribution in [0.1, 0.15) is 12.5 Å². The molecule has 0 amide bonds. The van der Waals surface area contributed by atoms with Crippen molar-refractivity contribution in [2.75, 3.05) is 12.8 Å². The van der Waals surface area contributed by atoms with Gasteiger partial charge in [0.2, 0.25) is 0 Å². The van der Waals surface area contributed by atoms with E-state index in [2.05, 4.69) is 5.32 Å². The number of hydrogen-bond acceptors (Lipinski definition) is 4. The van der Waals surface area contributed by atoms with Gasteiger partial charge in [0.05, 0.1) is 5.25 Å². The Morgan fingerprint density at radius 2 is 2.12 bits per heavy atom. The third-order valence-corrected chi connectivity index (χ3v) is 4.50.